The highest BCUT2D eigenvalue weighted by Crippen LogP contribution is 2.11. The highest BCUT2D eigenvalue weighted by atomic mass is 16.4. The Morgan fingerprint density at radius 3 is 2.50 bits per heavy atom. The van der Waals surface area contributed by atoms with Gasteiger partial charge >= 0.3 is 11.9 Å². The number of hydrogen-bond acceptors (Lipinski definition) is 4. The molecule has 1 saturated heterocycles. The van der Waals surface area contributed by atoms with Gasteiger partial charge < -0.3 is 20.8 Å². The van der Waals surface area contributed by atoms with Crippen LogP contribution in [0.3, 0.4) is 0 Å². The Balaban J connectivity index is 2.53. The molecule has 0 spiro atoms. The number of carbonyl (C=O) groups is 4. The molecule has 0 bridgehead atoms. The molecule has 1 aliphatic heterocycles. The number of amides is 2. The quantitative estimate of drug-likeness (QED) is 0.477. The van der Waals surface area contributed by atoms with Crippen molar-refractivity contribution in [2.24, 2.45) is 5.92 Å². The van der Waals surface area contributed by atoms with Gasteiger partial charge in [0.2, 0.25) is 11.8 Å². The zero-order valence-corrected chi connectivity index (χ0v) is 9.51. The first kappa shape index (κ1) is 13.9. The summed E-state index contributed by atoms with van der Waals surface area (Å²) in [5.41, 5.74) is 0. The first-order valence-electron chi connectivity index (χ1n) is 5.42. The maximum atomic E-state index is 11.7. The van der Waals surface area contributed by atoms with Crippen LogP contribution in [-0.2, 0) is 19.2 Å². The number of carboxylic acids is 2. The highest BCUT2D eigenvalue weighted by Gasteiger charge is 2.29. The van der Waals surface area contributed by atoms with E-state index in [1.807, 2.05) is 0 Å². The predicted molar refractivity (Wildman–Crippen MR) is 57.6 cm³/mol. The number of nitrogens with one attached hydrogen (secondary N) is 2. The molecule has 2 amide bonds. The number of piperidine rings is 1. The molecule has 2 atom stereocenters. The molecule has 4 N–H and O–H groups in total. The summed E-state index contributed by atoms with van der Waals surface area (Å²) in [7, 11) is 0. The van der Waals surface area contributed by atoms with Gasteiger partial charge in [-0.05, 0) is 6.42 Å². The van der Waals surface area contributed by atoms with Crippen LogP contribution in [0.1, 0.15) is 19.3 Å². The second-order valence-electron chi connectivity index (χ2n) is 4.04. The van der Waals surface area contributed by atoms with Gasteiger partial charge in [0.15, 0.2) is 0 Å². The molecule has 8 nitrogen and oxygen atoms in total. The van der Waals surface area contributed by atoms with Crippen molar-refractivity contribution in [1.82, 2.24) is 10.6 Å². The molecule has 1 unspecified atom stereocenters. The summed E-state index contributed by atoms with van der Waals surface area (Å²) in [6, 6.07) is -1.45. The number of carboxylic acid groups (broad SMARTS) is 2. The first-order valence-corrected chi connectivity index (χ1v) is 5.42. The van der Waals surface area contributed by atoms with Gasteiger partial charge in [0.1, 0.15) is 6.04 Å². The van der Waals surface area contributed by atoms with Crippen LogP contribution in [0.4, 0.5) is 0 Å². The molecule has 0 saturated carbocycles. The van der Waals surface area contributed by atoms with Crippen molar-refractivity contribution in [3.05, 3.63) is 0 Å². The number of aliphatic carboxylic acids is 2. The average molecular weight is 258 g/mol. The van der Waals surface area contributed by atoms with Crippen LogP contribution >= 0.6 is 0 Å². The van der Waals surface area contributed by atoms with Crippen molar-refractivity contribution in [3.63, 3.8) is 0 Å². The van der Waals surface area contributed by atoms with Gasteiger partial charge in [-0.3, -0.25) is 14.4 Å². The number of hydrogen-bond donors (Lipinski definition) is 4. The standard InChI is InChI=1S/C10H14N2O6/c13-7-2-1-5(4-11-7)9(16)12-6(10(17)18)3-8(14)15/h5-6H,1-4H2,(H,11,13)(H,12,16)(H,14,15)(H,17,18)/t5?,6-/m1/s1. The van der Waals surface area contributed by atoms with Crippen LogP contribution in [-0.4, -0.2) is 46.6 Å². The van der Waals surface area contributed by atoms with E-state index >= 15 is 0 Å². The lowest BCUT2D eigenvalue weighted by molar-refractivity contribution is -0.147. The molecular formula is C10H14N2O6. The lowest BCUT2D eigenvalue weighted by Gasteiger charge is -2.23. The van der Waals surface area contributed by atoms with Crippen molar-refractivity contribution in [2.45, 2.75) is 25.3 Å². The van der Waals surface area contributed by atoms with E-state index in [0.717, 1.165) is 0 Å². The van der Waals surface area contributed by atoms with Gasteiger partial charge in [0, 0.05) is 13.0 Å². The van der Waals surface area contributed by atoms with Crippen LogP contribution in [0.2, 0.25) is 0 Å². The Labute approximate surface area is 102 Å². The maximum absolute atomic E-state index is 11.7. The zero-order valence-electron chi connectivity index (χ0n) is 9.51. The molecule has 100 valence electrons. The molecule has 1 heterocycles. The molecule has 1 rings (SSSR count). The van der Waals surface area contributed by atoms with E-state index in [-0.39, 0.29) is 18.9 Å². The molecule has 8 heteroatoms. The summed E-state index contributed by atoms with van der Waals surface area (Å²) in [6.45, 7) is 0.143. The molecule has 1 fully saturated rings. The summed E-state index contributed by atoms with van der Waals surface area (Å²) in [5, 5.41) is 21.9. The smallest absolute Gasteiger partial charge is 0.326 e. The Morgan fingerprint density at radius 1 is 1.39 bits per heavy atom. The summed E-state index contributed by atoms with van der Waals surface area (Å²) in [5.74, 6) is -3.92. The van der Waals surface area contributed by atoms with E-state index in [1.54, 1.807) is 0 Å². The van der Waals surface area contributed by atoms with Crippen molar-refractivity contribution >= 4 is 23.8 Å². The van der Waals surface area contributed by atoms with Gasteiger partial charge in [0.25, 0.3) is 0 Å². The largest absolute Gasteiger partial charge is 0.481 e. The fourth-order valence-corrected chi connectivity index (χ4v) is 1.62. The van der Waals surface area contributed by atoms with Gasteiger partial charge in [-0.2, -0.15) is 0 Å². The van der Waals surface area contributed by atoms with Crippen molar-refractivity contribution in [1.29, 1.82) is 0 Å². The van der Waals surface area contributed by atoms with Crippen LogP contribution in [0.25, 0.3) is 0 Å². The predicted octanol–water partition coefficient (Wildman–Crippen LogP) is -1.44. The van der Waals surface area contributed by atoms with E-state index in [9.17, 15) is 19.2 Å². The normalized spacial score (nSPS) is 20.7. The minimum atomic E-state index is -1.45. The minimum absolute atomic E-state index is 0.143. The van der Waals surface area contributed by atoms with E-state index in [1.165, 1.54) is 0 Å². The van der Waals surface area contributed by atoms with Gasteiger partial charge in [-0.15, -0.1) is 0 Å². The van der Waals surface area contributed by atoms with E-state index in [0.29, 0.717) is 6.42 Å². The molecule has 1 aliphatic rings. The third-order valence-corrected chi connectivity index (χ3v) is 2.63. The Hall–Kier alpha value is -2.12. The number of rotatable bonds is 5. The Kier molecular flexibility index (Phi) is 4.64. The summed E-state index contributed by atoms with van der Waals surface area (Å²) in [4.78, 5) is 43.8. The SMILES string of the molecule is O=C(O)C[C@@H](NC(=O)C1CCC(=O)NC1)C(=O)O. The topological polar surface area (TPSA) is 133 Å². The van der Waals surface area contributed by atoms with Gasteiger partial charge in [0.05, 0.1) is 12.3 Å². The fourth-order valence-electron chi connectivity index (χ4n) is 1.62. The van der Waals surface area contributed by atoms with Crippen molar-refractivity contribution < 1.29 is 29.4 Å². The van der Waals surface area contributed by atoms with Crippen molar-refractivity contribution in [2.75, 3.05) is 6.54 Å². The second-order valence-corrected chi connectivity index (χ2v) is 4.04. The second kappa shape index (κ2) is 5.99. The third kappa shape index (κ3) is 4.04. The molecule has 0 aliphatic carbocycles. The minimum Gasteiger partial charge on any atom is -0.481 e. The van der Waals surface area contributed by atoms with E-state index < -0.39 is 36.2 Å². The zero-order chi connectivity index (χ0) is 13.7. The van der Waals surface area contributed by atoms with Crippen LogP contribution in [0, 0.1) is 5.92 Å². The van der Waals surface area contributed by atoms with E-state index in [2.05, 4.69) is 10.6 Å². The summed E-state index contributed by atoms with van der Waals surface area (Å²) < 4.78 is 0. The van der Waals surface area contributed by atoms with E-state index in [4.69, 9.17) is 10.2 Å². The number of carbonyl (C=O) groups excluding carboxylic acids is 2. The van der Waals surface area contributed by atoms with Crippen LogP contribution in [0.15, 0.2) is 0 Å². The third-order valence-electron chi connectivity index (χ3n) is 2.63. The first-order chi connectivity index (χ1) is 8.40. The summed E-state index contributed by atoms with van der Waals surface area (Å²) >= 11 is 0. The monoisotopic (exact) mass is 258 g/mol. The molecule has 18 heavy (non-hydrogen) atoms. The molecule has 0 aromatic heterocycles. The van der Waals surface area contributed by atoms with Gasteiger partial charge in [-0.1, -0.05) is 0 Å². The lowest BCUT2D eigenvalue weighted by atomic mass is 9.98. The van der Waals surface area contributed by atoms with Crippen LogP contribution in [0.5, 0.6) is 0 Å². The Bertz CT molecular complexity index is 371. The molecular weight excluding hydrogens is 244 g/mol. The maximum Gasteiger partial charge on any atom is 0.326 e. The van der Waals surface area contributed by atoms with Gasteiger partial charge in [-0.25, -0.2) is 4.79 Å². The lowest BCUT2D eigenvalue weighted by Crippen LogP contribution is -2.48. The van der Waals surface area contributed by atoms with Crippen LogP contribution < -0.4 is 10.6 Å². The molecule has 0 aromatic carbocycles. The fraction of sp³-hybridized carbons (Fsp3) is 0.600. The average Bonchev–Trinajstić information content (AvgIpc) is 2.28. The highest BCUT2D eigenvalue weighted by molar-refractivity contribution is 5.89. The molecule has 0 radical (unpaired) electrons. The Morgan fingerprint density at radius 2 is 2.06 bits per heavy atom. The molecule has 0 aromatic rings. The summed E-state index contributed by atoms with van der Waals surface area (Å²) in [6.07, 6.45) is -0.147. The van der Waals surface area contributed by atoms with Crippen molar-refractivity contribution in [3.8, 4) is 0 Å².